The van der Waals surface area contributed by atoms with Gasteiger partial charge in [0.2, 0.25) is 0 Å². The zero-order valence-electron chi connectivity index (χ0n) is 11.6. The molecule has 21 heavy (non-hydrogen) atoms. The molecule has 0 aromatic heterocycles. The van der Waals surface area contributed by atoms with Crippen LogP contribution in [0.1, 0.15) is 28.8 Å². The van der Waals surface area contributed by atoms with Gasteiger partial charge in [0.1, 0.15) is 0 Å². The van der Waals surface area contributed by atoms with Crippen LogP contribution < -0.4 is 11.1 Å². The first-order valence-corrected chi connectivity index (χ1v) is 7.79. The van der Waals surface area contributed by atoms with E-state index in [1.54, 1.807) is 12.1 Å². The van der Waals surface area contributed by atoms with Gasteiger partial charge in [0.25, 0.3) is 5.91 Å². The Morgan fingerprint density at radius 1 is 1.19 bits per heavy atom. The monoisotopic (exact) mass is 344 g/mol. The first kappa shape index (κ1) is 14.1. The number of amides is 1. The molecule has 4 heteroatoms. The minimum absolute atomic E-state index is 0.109. The molecule has 0 aliphatic heterocycles. The standard InChI is InChI=1S/C17H17BrN2O/c18-13-6-7-15(19)14(10-13)16(21)20-11-17(8-9-17)12-4-2-1-3-5-12/h1-7,10H,8-9,11,19H2,(H,20,21). The van der Waals surface area contributed by atoms with E-state index >= 15 is 0 Å². The summed E-state index contributed by atoms with van der Waals surface area (Å²) >= 11 is 3.37. The minimum atomic E-state index is -0.115. The van der Waals surface area contributed by atoms with Crippen molar-refractivity contribution in [2.75, 3.05) is 12.3 Å². The maximum Gasteiger partial charge on any atom is 0.253 e. The van der Waals surface area contributed by atoms with Crippen molar-refractivity contribution in [2.45, 2.75) is 18.3 Å². The van der Waals surface area contributed by atoms with E-state index in [0.717, 1.165) is 17.3 Å². The number of anilines is 1. The number of hydrogen-bond donors (Lipinski definition) is 2. The van der Waals surface area contributed by atoms with E-state index in [1.807, 2.05) is 24.3 Å². The lowest BCUT2D eigenvalue weighted by molar-refractivity contribution is 0.0950. The summed E-state index contributed by atoms with van der Waals surface area (Å²) in [5, 5.41) is 3.03. The summed E-state index contributed by atoms with van der Waals surface area (Å²) in [6, 6.07) is 15.7. The van der Waals surface area contributed by atoms with Gasteiger partial charge in [0.05, 0.1) is 5.56 Å². The number of nitrogen functional groups attached to an aromatic ring is 1. The third-order valence-corrected chi connectivity index (χ3v) is 4.58. The van der Waals surface area contributed by atoms with Crippen molar-refractivity contribution in [3.05, 3.63) is 64.1 Å². The molecule has 0 unspecified atom stereocenters. The van der Waals surface area contributed by atoms with Gasteiger partial charge in [0, 0.05) is 22.1 Å². The summed E-state index contributed by atoms with van der Waals surface area (Å²) in [6.45, 7) is 0.655. The second-order valence-corrected chi connectivity index (χ2v) is 6.48. The summed E-state index contributed by atoms with van der Waals surface area (Å²) in [5.74, 6) is -0.115. The summed E-state index contributed by atoms with van der Waals surface area (Å²) in [5.41, 5.74) is 8.30. The molecule has 0 atom stereocenters. The normalized spacial score (nSPS) is 15.5. The van der Waals surface area contributed by atoms with Crippen LogP contribution in [0.25, 0.3) is 0 Å². The van der Waals surface area contributed by atoms with E-state index in [4.69, 9.17) is 5.73 Å². The van der Waals surface area contributed by atoms with Crippen molar-refractivity contribution in [3.63, 3.8) is 0 Å². The maximum absolute atomic E-state index is 12.3. The molecule has 3 rings (SSSR count). The Morgan fingerprint density at radius 3 is 2.57 bits per heavy atom. The van der Waals surface area contributed by atoms with Crippen LogP contribution in [0, 0.1) is 0 Å². The van der Waals surface area contributed by atoms with Crippen LogP contribution in [-0.2, 0) is 5.41 Å². The summed E-state index contributed by atoms with van der Waals surface area (Å²) in [6.07, 6.45) is 2.23. The molecule has 0 bridgehead atoms. The highest BCUT2D eigenvalue weighted by Crippen LogP contribution is 2.47. The second kappa shape index (κ2) is 5.53. The van der Waals surface area contributed by atoms with Crippen LogP contribution in [0.15, 0.2) is 53.0 Å². The van der Waals surface area contributed by atoms with Gasteiger partial charge in [-0.05, 0) is 36.6 Å². The zero-order valence-corrected chi connectivity index (χ0v) is 13.2. The molecule has 1 saturated carbocycles. The van der Waals surface area contributed by atoms with Crippen LogP contribution in [-0.4, -0.2) is 12.5 Å². The van der Waals surface area contributed by atoms with Gasteiger partial charge in [0.15, 0.2) is 0 Å². The van der Waals surface area contributed by atoms with Crippen LogP contribution in [0.5, 0.6) is 0 Å². The molecule has 0 radical (unpaired) electrons. The molecule has 0 saturated heterocycles. The van der Waals surface area contributed by atoms with Gasteiger partial charge in [-0.2, -0.15) is 0 Å². The number of rotatable bonds is 4. The molecule has 2 aromatic carbocycles. The third kappa shape index (κ3) is 2.95. The summed E-state index contributed by atoms with van der Waals surface area (Å²) in [7, 11) is 0. The van der Waals surface area contributed by atoms with E-state index < -0.39 is 0 Å². The Hall–Kier alpha value is -1.81. The van der Waals surface area contributed by atoms with Crippen molar-refractivity contribution in [3.8, 4) is 0 Å². The SMILES string of the molecule is Nc1ccc(Br)cc1C(=O)NCC1(c2ccccc2)CC1. The number of nitrogens with two attached hydrogens (primary N) is 1. The van der Waals surface area contributed by atoms with Crippen LogP contribution in [0.4, 0.5) is 5.69 Å². The maximum atomic E-state index is 12.3. The van der Waals surface area contributed by atoms with Crippen LogP contribution in [0.2, 0.25) is 0 Å². The molecule has 3 nitrogen and oxygen atoms in total. The summed E-state index contributed by atoms with van der Waals surface area (Å²) in [4.78, 5) is 12.3. The second-order valence-electron chi connectivity index (χ2n) is 5.56. The fraction of sp³-hybridized carbons (Fsp3) is 0.235. The van der Waals surface area contributed by atoms with E-state index in [2.05, 4.69) is 33.4 Å². The molecule has 1 aliphatic carbocycles. The van der Waals surface area contributed by atoms with Gasteiger partial charge < -0.3 is 11.1 Å². The number of halogens is 1. The molecular weight excluding hydrogens is 328 g/mol. The Kier molecular flexibility index (Phi) is 3.72. The molecule has 0 spiro atoms. The van der Waals surface area contributed by atoms with Crippen LogP contribution >= 0.6 is 15.9 Å². The zero-order chi connectivity index (χ0) is 14.9. The highest BCUT2D eigenvalue weighted by atomic mass is 79.9. The lowest BCUT2D eigenvalue weighted by Crippen LogP contribution is -2.32. The Balaban J connectivity index is 1.71. The van der Waals surface area contributed by atoms with E-state index in [0.29, 0.717) is 17.8 Å². The van der Waals surface area contributed by atoms with E-state index in [-0.39, 0.29) is 11.3 Å². The molecule has 1 fully saturated rings. The number of carbonyl (C=O) groups is 1. The average molecular weight is 345 g/mol. The van der Waals surface area contributed by atoms with Gasteiger partial charge in [-0.15, -0.1) is 0 Å². The average Bonchev–Trinajstić information content (AvgIpc) is 3.29. The van der Waals surface area contributed by atoms with Gasteiger partial charge in [-0.25, -0.2) is 0 Å². The topological polar surface area (TPSA) is 55.1 Å². The van der Waals surface area contributed by atoms with Gasteiger partial charge >= 0.3 is 0 Å². The number of benzene rings is 2. The van der Waals surface area contributed by atoms with Crippen molar-refractivity contribution in [1.82, 2.24) is 5.32 Å². The smallest absolute Gasteiger partial charge is 0.253 e. The molecule has 108 valence electrons. The summed E-state index contributed by atoms with van der Waals surface area (Å²) < 4.78 is 0.853. The number of carbonyl (C=O) groups excluding carboxylic acids is 1. The van der Waals surface area contributed by atoms with Crippen molar-refractivity contribution >= 4 is 27.5 Å². The van der Waals surface area contributed by atoms with E-state index in [9.17, 15) is 4.79 Å². The van der Waals surface area contributed by atoms with Crippen LogP contribution in [0.3, 0.4) is 0 Å². The van der Waals surface area contributed by atoms with E-state index in [1.165, 1.54) is 5.56 Å². The van der Waals surface area contributed by atoms with Gasteiger partial charge in [-0.3, -0.25) is 4.79 Å². The lowest BCUT2D eigenvalue weighted by Gasteiger charge is -2.17. The molecule has 1 aliphatic rings. The predicted molar refractivity (Wildman–Crippen MR) is 88.2 cm³/mol. The Labute approximate surface area is 132 Å². The highest BCUT2D eigenvalue weighted by Gasteiger charge is 2.44. The van der Waals surface area contributed by atoms with Crippen molar-refractivity contribution in [1.29, 1.82) is 0 Å². The first-order chi connectivity index (χ1) is 10.1. The third-order valence-electron chi connectivity index (χ3n) is 4.09. The molecule has 2 aromatic rings. The minimum Gasteiger partial charge on any atom is -0.398 e. The van der Waals surface area contributed by atoms with Crippen molar-refractivity contribution < 1.29 is 4.79 Å². The Morgan fingerprint density at radius 2 is 1.90 bits per heavy atom. The fourth-order valence-electron chi connectivity index (χ4n) is 2.58. The number of nitrogens with one attached hydrogen (secondary N) is 1. The largest absolute Gasteiger partial charge is 0.398 e. The predicted octanol–water partition coefficient (Wildman–Crippen LogP) is 3.49. The molecule has 3 N–H and O–H groups in total. The Bertz CT molecular complexity index is 666. The quantitative estimate of drug-likeness (QED) is 0.834. The van der Waals surface area contributed by atoms with Gasteiger partial charge in [-0.1, -0.05) is 46.3 Å². The highest BCUT2D eigenvalue weighted by molar-refractivity contribution is 9.10. The number of hydrogen-bond acceptors (Lipinski definition) is 2. The molecule has 1 amide bonds. The van der Waals surface area contributed by atoms with Crippen molar-refractivity contribution in [2.24, 2.45) is 0 Å². The molecular formula is C17H17BrN2O. The fourth-order valence-corrected chi connectivity index (χ4v) is 2.94. The molecule has 0 heterocycles. The lowest BCUT2D eigenvalue weighted by atomic mass is 9.96. The first-order valence-electron chi connectivity index (χ1n) is 6.99.